The van der Waals surface area contributed by atoms with E-state index < -0.39 is 0 Å². The summed E-state index contributed by atoms with van der Waals surface area (Å²) in [5.41, 5.74) is 3.21. The lowest BCUT2D eigenvalue weighted by molar-refractivity contribution is 0.603. The summed E-state index contributed by atoms with van der Waals surface area (Å²) in [6, 6.07) is 0. The lowest BCUT2D eigenvalue weighted by Gasteiger charge is -2.12. The molecule has 0 bridgehead atoms. The average Bonchev–Trinajstić information content (AvgIpc) is 3.22. The van der Waals surface area contributed by atoms with Crippen molar-refractivity contribution in [2.45, 2.75) is 52.5 Å². The molecule has 0 aliphatic heterocycles. The minimum atomic E-state index is 0.549. The van der Waals surface area contributed by atoms with Gasteiger partial charge in [0.1, 0.15) is 11.6 Å². The highest BCUT2D eigenvalue weighted by Crippen LogP contribution is 2.40. The molecule has 5 nitrogen and oxygen atoms in total. The monoisotopic (exact) mass is 285 g/mol. The van der Waals surface area contributed by atoms with E-state index in [1.54, 1.807) is 0 Å². The highest BCUT2D eigenvalue weighted by molar-refractivity contribution is 5.67. The van der Waals surface area contributed by atoms with Crippen LogP contribution in [0.25, 0.3) is 11.3 Å². The van der Waals surface area contributed by atoms with Crippen LogP contribution in [-0.4, -0.2) is 26.3 Å². The fourth-order valence-corrected chi connectivity index (χ4v) is 2.52. The van der Waals surface area contributed by atoms with Gasteiger partial charge in [-0.15, -0.1) is 0 Å². The normalized spacial score (nSPS) is 14.4. The molecule has 3 rings (SSSR count). The third-order valence-corrected chi connectivity index (χ3v) is 3.81. The van der Waals surface area contributed by atoms with Crippen molar-refractivity contribution < 1.29 is 0 Å². The Kier molecular flexibility index (Phi) is 3.90. The second-order valence-corrected chi connectivity index (χ2v) is 5.70. The zero-order valence-corrected chi connectivity index (χ0v) is 13.1. The number of aromatic nitrogens is 4. The van der Waals surface area contributed by atoms with E-state index in [2.05, 4.69) is 37.4 Å². The molecule has 0 atom stereocenters. The molecule has 0 unspecified atom stereocenters. The van der Waals surface area contributed by atoms with E-state index in [0.717, 1.165) is 48.0 Å². The van der Waals surface area contributed by atoms with Crippen LogP contribution >= 0.6 is 0 Å². The smallest absolute Gasteiger partial charge is 0.134 e. The fourth-order valence-electron chi connectivity index (χ4n) is 2.52. The highest BCUT2D eigenvalue weighted by atomic mass is 15.3. The largest absolute Gasteiger partial charge is 0.370 e. The maximum absolute atomic E-state index is 4.82. The number of aryl methyl sites for hydroxylation is 1. The molecule has 5 heteroatoms. The van der Waals surface area contributed by atoms with Crippen LogP contribution in [0.15, 0.2) is 12.4 Å². The maximum atomic E-state index is 4.82. The van der Waals surface area contributed by atoms with Crippen molar-refractivity contribution in [1.29, 1.82) is 0 Å². The Morgan fingerprint density at radius 3 is 2.76 bits per heavy atom. The van der Waals surface area contributed by atoms with Crippen LogP contribution in [0.5, 0.6) is 0 Å². The van der Waals surface area contributed by atoms with E-state index in [9.17, 15) is 0 Å². The molecule has 1 saturated carbocycles. The predicted molar refractivity (Wildman–Crippen MR) is 84.4 cm³/mol. The van der Waals surface area contributed by atoms with Crippen LogP contribution in [0.4, 0.5) is 5.82 Å². The van der Waals surface area contributed by atoms with Gasteiger partial charge in [-0.1, -0.05) is 6.92 Å². The lowest BCUT2D eigenvalue weighted by atomic mass is 10.1. The third kappa shape index (κ3) is 2.91. The average molecular weight is 285 g/mol. The van der Waals surface area contributed by atoms with Crippen LogP contribution < -0.4 is 5.32 Å². The first-order valence-corrected chi connectivity index (χ1v) is 7.88. The summed E-state index contributed by atoms with van der Waals surface area (Å²) < 4.78 is 1.99. The van der Waals surface area contributed by atoms with E-state index in [4.69, 9.17) is 9.97 Å². The summed E-state index contributed by atoms with van der Waals surface area (Å²) in [4.78, 5) is 9.52. The van der Waals surface area contributed by atoms with E-state index in [1.165, 1.54) is 12.8 Å². The van der Waals surface area contributed by atoms with Crippen LogP contribution in [0, 0.1) is 6.92 Å². The first-order chi connectivity index (χ1) is 10.2. The summed E-state index contributed by atoms with van der Waals surface area (Å²) in [5, 5.41) is 7.79. The second kappa shape index (κ2) is 5.84. The molecule has 112 valence electrons. The molecule has 0 spiro atoms. The summed E-state index contributed by atoms with van der Waals surface area (Å²) in [6.07, 6.45) is 7.51. The Balaban J connectivity index is 2.02. The molecule has 21 heavy (non-hydrogen) atoms. The zero-order chi connectivity index (χ0) is 14.8. The van der Waals surface area contributed by atoms with Crippen LogP contribution in [-0.2, 0) is 6.54 Å². The Morgan fingerprint density at radius 1 is 1.29 bits per heavy atom. The van der Waals surface area contributed by atoms with Crippen molar-refractivity contribution >= 4 is 5.82 Å². The van der Waals surface area contributed by atoms with Gasteiger partial charge in [0.05, 0.1) is 11.9 Å². The van der Waals surface area contributed by atoms with Crippen molar-refractivity contribution in [3.63, 3.8) is 0 Å². The molecular formula is C16H23N5. The summed E-state index contributed by atoms with van der Waals surface area (Å²) in [5.74, 6) is 2.50. The highest BCUT2D eigenvalue weighted by Gasteiger charge is 2.28. The van der Waals surface area contributed by atoms with Gasteiger partial charge in [-0.05, 0) is 33.1 Å². The number of hydrogen-bond donors (Lipinski definition) is 1. The lowest BCUT2D eigenvalue weighted by Crippen LogP contribution is -2.07. The van der Waals surface area contributed by atoms with E-state index in [1.807, 2.05) is 10.9 Å². The van der Waals surface area contributed by atoms with Crippen LogP contribution in [0.3, 0.4) is 0 Å². The molecular weight excluding hydrogens is 262 g/mol. The van der Waals surface area contributed by atoms with Gasteiger partial charge in [0.15, 0.2) is 0 Å². The van der Waals surface area contributed by atoms with Crippen molar-refractivity contribution in [2.75, 3.05) is 11.9 Å². The standard InChI is InChI=1S/C16H23N5/c1-4-8-21-10-13(9-18-21)14-11(3)15(17-5-2)20-16(19-14)12-6-7-12/h9-10,12H,4-8H2,1-3H3,(H,17,19,20). The molecule has 2 aromatic heterocycles. The van der Waals surface area contributed by atoms with Gasteiger partial charge < -0.3 is 5.32 Å². The van der Waals surface area contributed by atoms with Crippen molar-refractivity contribution in [3.05, 3.63) is 23.8 Å². The fraction of sp³-hybridized carbons (Fsp3) is 0.562. The van der Waals surface area contributed by atoms with Gasteiger partial charge in [-0.2, -0.15) is 5.10 Å². The van der Waals surface area contributed by atoms with E-state index in [-0.39, 0.29) is 0 Å². The molecule has 1 fully saturated rings. The first-order valence-electron chi connectivity index (χ1n) is 7.88. The molecule has 1 aliphatic carbocycles. The molecule has 2 heterocycles. The van der Waals surface area contributed by atoms with Gasteiger partial charge in [0.2, 0.25) is 0 Å². The van der Waals surface area contributed by atoms with Gasteiger partial charge >= 0.3 is 0 Å². The minimum Gasteiger partial charge on any atom is -0.370 e. The Bertz CT molecular complexity index is 628. The number of rotatable bonds is 6. The SMILES string of the molecule is CCCn1cc(-c2nc(C3CC3)nc(NCC)c2C)cn1. The van der Waals surface area contributed by atoms with Crippen molar-refractivity contribution in [2.24, 2.45) is 0 Å². The minimum absolute atomic E-state index is 0.549. The quantitative estimate of drug-likeness (QED) is 0.884. The summed E-state index contributed by atoms with van der Waals surface area (Å²) >= 11 is 0. The molecule has 0 radical (unpaired) electrons. The Hall–Kier alpha value is -1.91. The number of nitrogens with one attached hydrogen (secondary N) is 1. The summed E-state index contributed by atoms with van der Waals surface area (Å²) in [7, 11) is 0. The molecule has 0 amide bonds. The predicted octanol–water partition coefficient (Wildman–Crippen LogP) is 3.37. The molecule has 1 aliphatic rings. The summed E-state index contributed by atoms with van der Waals surface area (Å²) in [6.45, 7) is 8.15. The second-order valence-electron chi connectivity index (χ2n) is 5.70. The Labute approximate surface area is 125 Å². The van der Waals surface area contributed by atoms with Crippen molar-refractivity contribution in [3.8, 4) is 11.3 Å². The maximum Gasteiger partial charge on any atom is 0.134 e. The first kappa shape index (κ1) is 14.0. The van der Waals surface area contributed by atoms with Crippen molar-refractivity contribution in [1.82, 2.24) is 19.7 Å². The number of nitrogens with zero attached hydrogens (tertiary/aromatic N) is 4. The van der Waals surface area contributed by atoms with Gasteiger partial charge in [0, 0.05) is 36.3 Å². The van der Waals surface area contributed by atoms with Gasteiger partial charge in [-0.3, -0.25) is 4.68 Å². The zero-order valence-electron chi connectivity index (χ0n) is 13.1. The van der Waals surface area contributed by atoms with E-state index in [0.29, 0.717) is 5.92 Å². The van der Waals surface area contributed by atoms with Crippen LogP contribution in [0.2, 0.25) is 0 Å². The molecule has 0 aromatic carbocycles. The number of anilines is 1. The molecule has 0 saturated heterocycles. The Morgan fingerprint density at radius 2 is 2.10 bits per heavy atom. The number of hydrogen-bond acceptors (Lipinski definition) is 4. The van der Waals surface area contributed by atoms with Crippen LogP contribution in [0.1, 0.15) is 50.4 Å². The molecule has 2 aromatic rings. The van der Waals surface area contributed by atoms with Gasteiger partial charge in [-0.25, -0.2) is 9.97 Å². The topological polar surface area (TPSA) is 55.6 Å². The third-order valence-electron chi connectivity index (χ3n) is 3.81. The molecule has 1 N–H and O–H groups in total. The van der Waals surface area contributed by atoms with E-state index >= 15 is 0 Å². The van der Waals surface area contributed by atoms with Gasteiger partial charge in [0.25, 0.3) is 0 Å².